The van der Waals surface area contributed by atoms with Crippen LogP contribution in [0.3, 0.4) is 0 Å². The van der Waals surface area contributed by atoms with Crippen LogP contribution in [-0.4, -0.2) is 18.5 Å². The van der Waals surface area contributed by atoms with Crippen molar-refractivity contribution in [2.45, 2.75) is 39.7 Å². The highest BCUT2D eigenvalue weighted by molar-refractivity contribution is 5.90. The Hall–Kier alpha value is -1.77. The number of carbonyl (C=O) groups excluding carboxylic acids is 1. The molecule has 0 radical (unpaired) electrons. The molecule has 0 aromatic heterocycles. The van der Waals surface area contributed by atoms with E-state index < -0.39 is 5.60 Å². The predicted molar refractivity (Wildman–Crippen MR) is 75.7 cm³/mol. The van der Waals surface area contributed by atoms with Crippen LogP contribution in [0.2, 0.25) is 0 Å². The standard InChI is InChI=1S/C16H20O3/c1-10-6-7-15(17)16(3,4)19-14-8-11(2)13(18-5)9-12(10)14/h6,8-9H,7H2,1-5H3/b10-6-. The minimum absolute atomic E-state index is 0.0889. The van der Waals surface area contributed by atoms with Gasteiger partial charge in [0.15, 0.2) is 11.4 Å². The second-order valence-electron chi connectivity index (χ2n) is 5.44. The van der Waals surface area contributed by atoms with Gasteiger partial charge in [-0.05, 0) is 51.0 Å². The SMILES string of the molecule is COc1cc2c(cc1C)OC(C)(C)C(=O)C/C=C\2C. The van der Waals surface area contributed by atoms with Crippen LogP contribution in [0, 0.1) is 6.92 Å². The van der Waals surface area contributed by atoms with Crippen LogP contribution in [0.4, 0.5) is 0 Å². The topological polar surface area (TPSA) is 35.5 Å². The van der Waals surface area contributed by atoms with Gasteiger partial charge in [0.2, 0.25) is 0 Å². The number of rotatable bonds is 1. The van der Waals surface area contributed by atoms with Crippen molar-refractivity contribution >= 4 is 11.4 Å². The molecule has 19 heavy (non-hydrogen) atoms. The van der Waals surface area contributed by atoms with E-state index in [1.54, 1.807) is 7.11 Å². The number of carbonyl (C=O) groups is 1. The highest BCUT2D eigenvalue weighted by Gasteiger charge is 2.31. The zero-order valence-electron chi connectivity index (χ0n) is 12.2. The Bertz CT molecular complexity index is 553. The van der Waals surface area contributed by atoms with Crippen molar-refractivity contribution in [2.75, 3.05) is 7.11 Å². The summed E-state index contributed by atoms with van der Waals surface area (Å²) in [4.78, 5) is 12.1. The molecule has 0 fully saturated rings. The molecular weight excluding hydrogens is 240 g/mol. The van der Waals surface area contributed by atoms with Crippen molar-refractivity contribution in [2.24, 2.45) is 0 Å². The maximum absolute atomic E-state index is 12.1. The minimum atomic E-state index is -0.799. The van der Waals surface area contributed by atoms with Crippen LogP contribution in [0.25, 0.3) is 5.57 Å². The van der Waals surface area contributed by atoms with Crippen molar-refractivity contribution in [3.8, 4) is 11.5 Å². The van der Waals surface area contributed by atoms with E-state index in [1.807, 2.05) is 45.9 Å². The lowest BCUT2D eigenvalue weighted by atomic mass is 9.94. The molecular formula is C16H20O3. The lowest BCUT2D eigenvalue weighted by molar-refractivity contribution is -0.131. The van der Waals surface area contributed by atoms with E-state index in [2.05, 4.69) is 0 Å². The lowest BCUT2D eigenvalue weighted by Crippen LogP contribution is -2.38. The van der Waals surface area contributed by atoms with Gasteiger partial charge < -0.3 is 9.47 Å². The summed E-state index contributed by atoms with van der Waals surface area (Å²) in [5, 5.41) is 0. The predicted octanol–water partition coefficient (Wildman–Crippen LogP) is 3.54. The zero-order chi connectivity index (χ0) is 14.2. The number of ketones is 1. The third-order valence-electron chi connectivity index (χ3n) is 3.55. The molecule has 0 N–H and O–H groups in total. The van der Waals surface area contributed by atoms with E-state index in [9.17, 15) is 4.79 Å². The Morgan fingerprint density at radius 2 is 1.95 bits per heavy atom. The van der Waals surface area contributed by atoms with Crippen molar-refractivity contribution in [3.05, 3.63) is 29.3 Å². The van der Waals surface area contributed by atoms with Crippen molar-refractivity contribution < 1.29 is 14.3 Å². The van der Waals surface area contributed by atoms with Crippen LogP contribution in [-0.2, 0) is 4.79 Å². The molecule has 0 spiro atoms. The first kappa shape index (κ1) is 13.7. The van der Waals surface area contributed by atoms with Gasteiger partial charge in [0.05, 0.1) is 7.11 Å². The molecule has 3 nitrogen and oxygen atoms in total. The molecule has 1 heterocycles. The summed E-state index contributed by atoms with van der Waals surface area (Å²) in [7, 11) is 1.66. The molecule has 102 valence electrons. The van der Waals surface area contributed by atoms with Gasteiger partial charge in [-0.25, -0.2) is 0 Å². The van der Waals surface area contributed by atoms with E-state index >= 15 is 0 Å². The fourth-order valence-corrected chi connectivity index (χ4v) is 2.21. The molecule has 1 aliphatic heterocycles. The summed E-state index contributed by atoms with van der Waals surface area (Å²) in [6, 6.07) is 3.91. The smallest absolute Gasteiger partial charge is 0.179 e. The average Bonchev–Trinajstić information content (AvgIpc) is 2.34. The van der Waals surface area contributed by atoms with Crippen LogP contribution < -0.4 is 9.47 Å². The van der Waals surface area contributed by atoms with Gasteiger partial charge in [0, 0.05) is 12.0 Å². The van der Waals surface area contributed by atoms with Gasteiger partial charge in [-0.2, -0.15) is 0 Å². The Labute approximate surface area is 114 Å². The van der Waals surface area contributed by atoms with Gasteiger partial charge in [0.1, 0.15) is 11.5 Å². The van der Waals surface area contributed by atoms with Crippen molar-refractivity contribution in [1.29, 1.82) is 0 Å². The van der Waals surface area contributed by atoms with Crippen LogP contribution in [0.15, 0.2) is 18.2 Å². The van der Waals surface area contributed by atoms with Crippen LogP contribution in [0.1, 0.15) is 38.3 Å². The van der Waals surface area contributed by atoms with E-state index in [1.165, 1.54) is 0 Å². The molecule has 1 aliphatic rings. The quantitative estimate of drug-likeness (QED) is 0.774. The molecule has 0 saturated heterocycles. The third kappa shape index (κ3) is 2.50. The second-order valence-corrected chi connectivity index (χ2v) is 5.44. The number of hydrogen-bond acceptors (Lipinski definition) is 3. The average molecular weight is 260 g/mol. The molecule has 0 saturated carbocycles. The monoisotopic (exact) mass is 260 g/mol. The summed E-state index contributed by atoms with van der Waals surface area (Å²) >= 11 is 0. The molecule has 2 rings (SSSR count). The van der Waals surface area contributed by atoms with Crippen molar-refractivity contribution in [1.82, 2.24) is 0 Å². The Kier molecular flexibility index (Phi) is 3.40. The summed E-state index contributed by atoms with van der Waals surface area (Å²) in [6.07, 6.45) is 2.36. The molecule has 1 aromatic carbocycles. The van der Waals surface area contributed by atoms with Gasteiger partial charge in [-0.15, -0.1) is 0 Å². The summed E-state index contributed by atoms with van der Waals surface area (Å²) in [5.41, 5.74) is 2.23. The van der Waals surface area contributed by atoms with Crippen molar-refractivity contribution in [3.63, 3.8) is 0 Å². The number of fused-ring (bicyclic) bond motifs is 1. The fraction of sp³-hybridized carbons (Fsp3) is 0.438. The number of allylic oxidation sites excluding steroid dienone is 2. The second kappa shape index (κ2) is 4.72. The minimum Gasteiger partial charge on any atom is -0.496 e. The molecule has 0 atom stereocenters. The number of methoxy groups -OCH3 is 1. The van der Waals surface area contributed by atoms with Gasteiger partial charge in [0.25, 0.3) is 0 Å². The highest BCUT2D eigenvalue weighted by Crippen LogP contribution is 2.36. The van der Waals surface area contributed by atoms with E-state index in [0.29, 0.717) is 6.42 Å². The zero-order valence-corrected chi connectivity index (χ0v) is 12.2. The molecule has 0 aliphatic carbocycles. The van der Waals surface area contributed by atoms with Gasteiger partial charge in [-0.3, -0.25) is 4.79 Å². The van der Waals surface area contributed by atoms with Gasteiger partial charge in [-0.1, -0.05) is 6.08 Å². The molecule has 0 amide bonds. The summed E-state index contributed by atoms with van der Waals surface area (Å²) < 4.78 is 11.3. The van der Waals surface area contributed by atoms with Gasteiger partial charge >= 0.3 is 0 Å². The first-order chi connectivity index (χ1) is 8.85. The Balaban J connectivity index is 2.61. The maximum atomic E-state index is 12.1. The summed E-state index contributed by atoms with van der Waals surface area (Å²) in [6.45, 7) is 7.58. The van der Waals surface area contributed by atoms with E-state index in [-0.39, 0.29) is 5.78 Å². The summed E-state index contributed by atoms with van der Waals surface area (Å²) in [5.74, 6) is 1.66. The Morgan fingerprint density at radius 3 is 2.58 bits per heavy atom. The number of aryl methyl sites for hydroxylation is 1. The molecule has 0 bridgehead atoms. The lowest BCUT2D eigenvalue weighted by Gasteiger charge is -2.28. The number of hydrogen-bond donors (Lipinski definition) is 0. The number of ether oxygens (including phenoxy) is 2. The first-order valence-electron chi connectivity index (χ1n) is 6.43. The van der Waals surface area contributed by atoms with E-state index in [0.717, 1.165) is 28.2 Å². The highest BCUT2D eigenvalue weighted by atomic mass is 16.5. The molecule has 1 aromatic rings. The Morgan fingerprint density at radius 1 is 1.26 bits per heavy atom. The van der Waals surface area contributed by atoms with E-state index in [4.69, 9.17) is 9.47 Å². The van der Waals surface area contributed by atoms with Crippen LogP contribution >= 0.6 is 0 Å². The maximum Gasteiger partial charge on any atom is 0.179 e. The number of benzene rings is 1. The molecule has 3 heteroatoms. The fourth-order valence-electron chi connectivity index (χ4n) is 2.21. The normalized spacial score (nSPS) is 20.5. The molecule has 0 unspecified atom stereocenters. The first-order valence-corrected chi connectivity index (χ1v) is 6.43. The largest absolute Gasteiger partial charge is 0.496 e. The third-order valence-corrected chi connectivity index (χ3v) is 3.55. The number of Topliss-reactive ketones (excluding diaryl/α,β-unsaturated/α-hetero) is 1. The van der Waals surface area contributed by atoms with Crippen LogP contribution in [0.5, 0.6) is 11.5 Å².